The SMILES string of the molecule is O=C(Cc1ccc(-c2ccccc2)cc1)NCCc1nc2ccccc2n1Cc1ccccc1Cl. The predicted octanol–water partition coefficient (Wildman–Crippen LogP) is 6.31. The number of para-hydroxylation sites is 2. The highest BCUT2D eigenvalue weighted by molar-refractivity contribution is 6.31. The summed E-state index contributed by atoms with van der Waals surface area (Å²) in [6.07, 6.45) is 0.989. The van der Waals surface area contributed by atoms with Crippen molar-refractivity contribution >= 4 is 28.5 Å². The van der Waals surface area contributed by atoms with Gasteiger partial charge in [-0.05, 0) is 40.5 Å². The van der Waals surface area contributed by atoms with E-state index in [-0.39, 0.29) is 5.91 Å². The molecular weight excluding hydrogens is 454 g/mol. The molecule has 0 fully saturated rings. The normalized spacial score (nSPS) is 11.0. The van der Waals surface area contributed by atoms with Crippen molar-refractivity contribution in [1.29, 1.82) is 0 Å². The van der Waals surface area contributed by atoms with Crippen LogP contribution in [0, 0.1) is 0 Å². The highest BCUT2D eigenvalue weighted by Crippen LogP contribution is 2.22. The van der Waals surface area contributed by atoms with Crippen molar-refractivity contribution in [1.82, 2.24) is 14.9 Å². The van der Waals surface area contributed by atoms with Gasteiger partial charge in [-0.15, -0.1) is 0 Å². The molecule has 5 heteroatoms. The van der Waals surface area contributed by atoms with Crippen LogP contribution in [0.1, 0.15) is 17.0 Å². The van der Waals surface area contributed by atoms with E-state index in [0.29, 0.717) is 25.9 Å². The number of aromatic nitrogens is 2. The summed E-state index contributed by atoms with van der Waals surface area (Å²) in [5.41, 5.74) is 6.36. The summed E-state index contributed by atoms with van der Waals surface area (Å²) in [6, 6.07) is 34.4. The Hall–Kier alpha value is -3.89. The lowest BCUT2D eigenvalue weighted by Crippen LogP contribution is -2.28. The second-order valence-corrected chi connectivity index (χ2v) is 8.94. The van der Waals surface area contributed by atoms with E-state index in [1.165, 1.54) is 5.56 Å². The summed E-state index contributed by atoms with van der Waals surface area (Å²) in [7, 11) is 0. The molecule has 1 amide bonds. The molecule has 0 saturated carbocycles. The Morgan fingerprint density at radius 3 is 2.29 bits per heavy atom. The van der Waals surface area contributed by atoms with Crippen molar-refractivity contribution in [3.8, 4) is 11.1 Å². The monoisotopic (exact) mass is 479 g/mol. The van der Waals surface area contributed by atoms with Gasteiger partial charge in [-0.1, -0.05) is 96.5 Å². The van der Waals surface area contributed by atoms with Crippen molar-refractivity contribution in [2.24, 2.45) is 0 Å². The lowest BCUT2D eigenvalue weighted by atomic mass is 10.0. The van der Waals surface area contributed by atoms with Gasteiger partial charge in [0, 0.05) is 18.0 Å². The van der Waals surface area contributed by atoms with E-state index in [2.05, 4.69) is 40.2 Å². The first-order valence-corrected chi connectivity index (χ1v) is 12.1. The Morgan fingerprint density at radius 2 is 1.49 bits per heavy atom. The van der Waals surface area contributed by atoms with Crippen LogP contribution in [-0.2, 0) is 24.2 Å². The van der Waals surface area contributed by atoms with Gasteiger partial charge in [0.25, 0.3) is 0 Å². The van der Waals surface area contributed by atoms with Crippen LogP contribution in [-0.4, -0.2) is 22.0 Å². The fourth-order valence-electron chi connectivity index (χ4n) is 4.30. The number of benzene rings is 4. The van der Waals surface area contributed by atoms with Crippen molar-refractivity contribution in [2.75, 3.05) is 6.54 Å². The zero-order valence-corrected chi connectivity index (χ0v) is 20.1. The number of carbonyl (C=O) groups excluding carboxylic acids is 1. The lowest BCUT2D eigenvalue weighted by Gasteiger charge is -2.11. The quantitative estimate of drug-likeness (QED) is 0.283. The van der Waals surface area contributed by atoms with Crippen molar-refractivity contribution in [3.05, 3.63) is 125 Å². The third-order valence-electron chi connectivity index (χ3n) is 6.12. The smallest absolute Gasteiger partial charge is 0.224 e. The van der Waals surface area contributed by atoms with E-state index in [9.17, 15) is 4.79 Å². The van der Waals surface area contributed by atoms with E-state index in [4.69, 9.17) is 16.6 Å². The molecule has 5 aromatic rings. The molecule has 1 N–H and O–H groups in total. The van der Waals surface area contributed by atoms with E-state index < -0.39 is 0 Å². The molecule has 0 aliphatic heterocycles. The van der Waals surface area contributed by atoms with Crippen LogP contribution < -0.4 is 5.32 Å². The molecule has 0 aliphatic carbocycles. The highest BCUT2D eigenvalue weighted by atomic mass is 35.5. The summed E-state index contributed by atoms with van der Waals surface area (Å²) in [6.45, 7) is 1.16. The van der Waals surface area contributed by atoms with Gasteiger partial charge in [0.05, 0.1) is 24.0 Å². The highest BCUT2D eigenvalue weighted by Gasteiger charge is 2.13. The summed E-state index contributed by atoms with van der Waals surface area (Å²) < 4.78 is 2.19. The molecule has 1 aromatic heterocycles. The summed E-state index contributed by atoms with van der Waals surface area (Å²) in [5.74, 6) is 0.935. The van der Waals surface area contributed by atoms with Gasteiger partial charge in [0.1, 0.15) is 5.82 Å². The maximum atomic E-state index is 12.6. The fourth-order valence-corrected chi connectivity index (χ4v) is 4.49. The molecule has 4 aromatic carbocycles. The molecule has 4 nitrogen and oxygen atoms in total. The molecule has 5 rings (SSSR count). The Bertz CT molecular complexity index is 1440. The zero-order chi connectivity index (χ0) is 24.0. The number of rotatable bonds is 8. The van der Waals surface area contributed by atoms with Crippen LogP contribution >= 0.6 is 11.6 Å². The number of nitrogens with one attached hydrogen (secondary N) is 1. The maximum absolute atomic E-state index is 12.6. The Labute approximate surface area is 210 Å². The first kappa shape index (κ1) is 22.9. The van der Waals surface area contributed by atoms with E-state index in [1.807, 2.05) is 72.8 Å². The first-order valence-electron chi connectivity index (χ1n) is 11.8. The molecule has 0 bridgehead atoms. The third kappa shape index (κ3) is 5.44. The number of amides is 1. The van der Waals surface area contributed by atoms with Crippen LogP contribution in [0.2, 0.25) is 5.02 Å². The van der Waals surface area contributed by atoms with Crippen molar-refractivity contribution in [2.45, 2.75) is 19.4 Å². The average Bonchev–Trinajstić information content (AvgIpc) is 3.23. The average molecular weight is 480 g/mol. The van der Waals surface area contributed by atoms with Gasteiger partial charge >= 0.3 is 0 Å². The Morgan fingerprint density at radius 1 is 0.800 bits per heavy atom. The summed E-state index contributed by atoms with van der Waals surface area (Å²) in [4.78, 5) is 17.4. The zero-order valence-electron chi connectivity index (χ0n) is 19.3. The van der Waals surface area contributed by atoms with Crippen molar-refractivity contribution in [3.63, 3.8) is 0 Å². The minimum absolute atomic E-state index is 0.00576. The minimum Gasteiger partial charge on any atom is -0.355 e. The second-order valence-electron chi connectivity index (χ2n) is 8.53. The molecule has 0 saturated heterocycles. The molecular formula is C30H26ClN3O. The topological polar surface area (TPSA) is 46.9 Å². The van der Waals surface area contributed by atoms with Crippen molar-refractivity contribution < 1.29 is 4.79 Å². The molecule has 0 atom stereocenters. The van der Waals surface area contributed by atoms with Gasteiger partial charge in [0.15, 0.2) is 0 Å². The van der Waals surface area contributed by atoms with Gasteiger partial charge in [0.2, 0.25) is 5.91 Å². The standard InChI is InChI=1S/C30H26ClN3O/c31-26-11-5-4-10-25(26)21-34-28-13-7-6-12-27(28)33-29(34)18-19-32-30(35)20-22-14-16-24(17-15-22)23-8-2-1-3-9-23/h1-17H,18-21H2,(H,32,35). The number of nitrogens with zero attached hydrogens (tertiary/aromatic N) is 2. The van der Waals surface area contributed by atoms with E-state index in [1.54, 1.807) is 0 Å². The second kappa shape index (κ2) is 10.6. The predicted molar refractivity (Wildman–Crippen MR) is 143 cm³/mol. The molecule has 174 valence electrons. The fraction of sp³-hybridized carbons (Fsp3) is 0.133. The molecule has 0 radical (unpaired) electrons. The van der Waals surface area contributed by atoms with Crippen LogP contribution in [0.4, 0.5) is 0 Å². The maximum Gasteiger partial charge on any atom is 0.224 e. The first-order chi connectivity index (χ1) is 17.2. The Kier molecular flexibility index (Phi) is 6.92. The van der Waals surface area contributed by atoms with Gasteiger partial charge < -0.3 is 9.88 Å². The third-order valence-corrected chi connectivity index (χ3v) is 6.49. The lowest BCUT2D eigenvalue weighted by molar-refractivity contribution is -0.120. The van der Waals surface area contributed by atoms with Gasteiger partial charge in [-0.2, -0.15) is 0 Å². The summed E-state index contributed by atoms with van der Waals surface area (Å²) in [5, 5.41) is 3.79. The number of fused-ring (bicyclic) bond motifs is 1. The molecule has 0 aliphatic rings. The van der Waals surface area contributed by atoms with Crippen LogP contribution in [0.3, 0.4) is 0 Å². The van der Waals surface area contributed by atoms with Crippen LogP contribution in [0.5, 0.6) is 0 Å². The van der Waals surface area contributed by atoms with Crippen LogP contribution in [0.25, 0.3) is 22.2 Å². The van der Waals surface area contributed by atoms with Gasteiger partial charge in [-0.3, -0.25) is 4.79 Å². The van der Waals surface area contributed by atoms with Gasteiger partial charge in [-0.25, -0.2) is 4.98 Å². The Balaban J connectivity index is 1.23. The van der Waals surface area contributed by atoms with E-state index in [0.717, 1.165) is 38.6 Å². The number of carbonyl (C=O) groups is 1. The van der Waals surface area contributed by atoms with Crippen LogP contribution in [0.15, 0.2) is 103 Å². The largest absolute Gasteiger partial charge is 0.355 e. The number of imidazole rings is 1. The van der Waals surface area contributed by atoms with E-state index >= 15 is 0 Å². The molecule has 1 heterocycles. The molecule has 0 unspecified atom stereocenters. The number of halogens is 1. The molecule has 35 heavy (non-hydrogen) atoms. The number of hydrogen-bond donors (Lipinski definition) is 1. The summed E-state index contributed by atoms with van der Waals surface area (Å²) >= 11 is 6.42. The minimum atomic E-state index is 0.00576. The number of hydrogen-bond acceptors (Lipinski definition) is 2. The molecule has 0 spiro atoms.